The summed E-state index contributed by atoms with van der Waals surface area (Å²) in [6.45, 7) is 6.52. The summed E-state index contributed by atoms with van der Waals surface area (Å²) in [5, 5.41) is 0.605. The zero-order chi connectivity index (χ0) is 16.5. The highest BCUT2D eigenvalue weighted by Gasteiger charge is 2.25. The Hall–Kier alpha value is -2.05. The highest BCUT2D eigenvalue weighted by atomic mass is 35.5. The minimum Gasteiger partial charge on any atom is -0.454 e. The van der Waals surface area contributed by atoms with Gasteiger partial charge in [-0.05, 0) is 36.8 Å². The maximum absolute atomic E-state index is 5.89. The summed E-state index contributed by atoms with van der Waals surface area (Å²) in [5.41, 5.74) is 7.33. The van der Waals surface area contributed by atoms with Crippen molar-refractivity contribution in [2.75, 3.05) is 33.0 Å². The molecule has 1 fully saturated rings. The van der Waals surface area contributed by atoms with Gasteiger partial charge in [0.15, 0.2) is 11.5 Å². The molecule has 0 aromatic heterocycles. The van der Waals surface area contributed by atoms with Crippen molar-refractivity contribution in [2.45, 2.75) is 13.0 Å². The second-order valence-corrected chi connectivity index (χ2v) is 6.54. The molecule has 0 aliphatic carbocycles. The van der Waals surface area contributed by atoms with E-state index in [0.717, 1.165) is 43.5 Å². The fraction of sp³-hybridized carbons (Fsp3) is 0.412. The topological polar surface area (TPSA) is 49.0 Å². The van der Waals surface area contributed by atoms with Gasteiger partial charge in [-0.1, -0.05) is 17.7 Å². The van der Waals surface area contributed by atoms with Gasteiger partial charge in [0.2, 0.25) is 6.79 Å². The lowest BCUT2D eigenvalue weighted by atomic mass is 10.1. The zero-order valence-electron chi connectivity index (χ0n) is 13.6. The van der Waals surface area contributed by atoms with Crippen LogP contribution in [-0.4, -0.2) is 42.8 Å². The van der Waals surface area contributed by atoms with Gasteiger partial charge in [0.1, 0.15) is 11.0 Å². The largest absolute Gasteiger partial charge is 0.454 e. The van der Waals surface area contributed by atoms with E-state index in [9.17, 15) is 0 Å². The standard InChI is InChI=1S/C17H21ClN4O2/c1-12(13-2-3-14-15(10-13)24-11-23-14)21-6-8-22(9-7-21)17-5-4-16(18)19-20-17/h2-5,10,12,19-20H,6-9,11H2,1H3. The molecule has 3 aliphatic heterocycles. The van der Waals surface area contributed by atoms with Crippen molar-refractivity contribution in [1.29, 1.82) is 0 Å². The highest BCUT2D eigenvalue weighted by Crippen LogP contribution is 2.35. The molecule has 0 bridgehead atoms. The van der Waals surface area contributed by atoms with Gasteiger partial charge in [-0.15, -0.1) is 0 Å². The summed E-state index contributed by atoms with van der Waals surface area (Å²) in [7, 11) is 0. The lowest BCUT2D eigenvalue weighted by Gasteiger charge is -2.40. The molecule has 0 radical (unpaired) electrons. The van der Waals surface area contributed by atoms with Gasteiger partial charge in [-0.2, -0.15) is 0 Å². The molecule has 7 heteroatoms. The summed E-state index contributed by atoms with van der Waals surface area (Å²) in [5.74, 6) is 2.75. The molecule has 1 saturated heterocycles. The number of hydrogen-bond acceptors (Lipinski definition) is 6. The van der Waals surface area contributed by atoms with Gasteiger partial charge in [0.05, 0.1) is 0 Å². The number of piperazine rings is 1. The third-order valence-electron chi connectivity index (χ3n) is 4.78. The number of rotatable bonds is 3. The Balaban J connectivity index is 1.39. The average molecular weight is 349 g/mol. The number of ether oxygens (including phenoxy) is 2. The summed E-state index contributed by atoms with van der Waals surface area (Å²) >= 11 is 5.89. The van der Waals surface area contributed by atoms with Crippen molar-refractivity contribution >= 4 is 11.6 Å². The molecule has 1 aromatic carbocycles. The predicted octanol–water partition coefficient (Wildman–Crippen LogP) is 2.12. The first-order chi connectivity index (χ1) is 11.7. The van der Waals surface area contributed by atoms with Gasteiger partial charge >= 0.3 is 0 Å². The summed E-state index contributed by atoms with van der Waals surface area (Å²) < 4.78 is 10.9. The van der Waals surface area contributed by atoms with Crippen LogP contribution in [0.2, 0.25) is 0 Å². The van der Waals surface area contributed by atoms with Gasteiger partial charge in [0, 0.05) is 32.2 Å². The van der Waals surface area contributed by atoms with E-state index in [-0.39, 0.29) is 0 Å². The van der Waals surface area contributed by atoms with E-state index in [4.69, 9.17) is 21.1 Å². The first kappa shape index (κ1) is 15.5. The van der Waals surface area contributed by atoms with Gasteiger partial charge in [-0.25, -0.2) is 0 Å². The van der Waals surface area contributed by atoms with E-state index in [1.807, 2.05) is 18.2 Å². The number of benzene rings is 1. The average Bonchev–Trinajstić information content (AvgIpc) is 3.09. The van der Waals surface area contributed by atoms with Crippen LogP contribution in [0, 0.1) is 0 Å². The molecule has 3 heterocycles. The fourth-order valence-electron chi connectivity index (χ4n) is 3.28. The Kier molecular flexibility index (Phi) is 4.16. The van der Waals surface area contributed by atoms with E-state index in [1.165, 1.54) is 5.56 Å². The Morgan fingerprint density at radius 3 is 2.58 bits per heavy atom. The molecule has 128 valence electrons. The van der Waals surface area contributed by atoms with E-state index in [0.29, 0.717) is 18.0 Å². The normalized spacial score (nSPS) is 21.5. The number of hydrazine groups is 1. The van der Waals surface area contributed by atoms with E-state index >= 15 is 0 Å². The second kappa shape index (κ2) is 6.45. The van der Waals surface area contributed by atoms with Crippen LogP contribution in [0.15, 0.2) is 41.3 Å². The molecule has 1 aromatic rings. The first-order valence-electron chi connectivity index (χ1n) is 8.19. The molecule has 2 N–H and O–H groups in total. The molecule has 1 unspecified atom stereocenters. The third-order valence-corrected chi connectivity index (χ3v) is 5.00. The van der Waals surface area contributed by atoms with Crippen LogP contribution in [0.1, 0.15) is 18.5 Å². The van der Waals surface area contributed by atoms with Crippen LogP contribution < -0.4 is 20.3 Å². The van der Waals surface area contributed by atoms with Crippen LogP contribution in [0.25, 0.3) is 0 Å². The van der Waals surface area contributed by atoms with Crippen LogP contribution in [0.3, 0.4) is 0 Å². The van der Waals surface area contributed by atoms with E-state index in [1.54, 1.807) is 0 Å². The van der Waals surface area contributed by atoms with Crippen molar-refractivity contribution in [1.82, 2.24) is 20.7 Å². The van der Waals surface area contributed by atoms with E-state index < -0.39 is 0 Å². The SMILES string of the molecule is CC(c1ccc2c(c1)OCO2)N1CCN(C2=CC=C(Cl)NN2)CC1. The highest BCUT2D eigenvalue weighted by molar-refractivity contribution is 6.29. The summed E-state index contributed by atoms with van der Waals surface area (Å²) in [6.07, 6.45) is 3.88. The number of hydrogen-bond donors (Lipinski definition) is 2. The number of nitrogens with zero attached hydrogens (tertiary/aromatic N) is 2. The maximum Gasteiger partial charge on any atom is 0.231 e. The van der Waals surface area contributed by atoms with E-state index in [2.05, 4.69) is 39.7 Å². The van der Waals surface area contributed by atoms with Gasteiger partial charge in [-0.3, -0.25) is 15.8 Å². The minimum atomic E-state index is 0.320. The molecule has 4 rings (SSSR count). The molecule has 0 saturated carbocycles. The van der Waals surface area contributed by atoms with Crippen LogP contribution in [0.5, 0.6) is 11.5 Å². The Bertz CT molecular complexity index is 683. The van der Waals surface area contributed by atoms with Crippen LogP contribution in [0.4, 0.5) is 0 Å². The zero-order valence-corrected chi connectivity index (χ0v) is 14.3. The second-order valence-electron chi connectivity index (χ2n) is 6.13. The molecule has 24 heavy (non-hydrogen) atoms. The summed E-state index contributed by atoms with van der Waals surface area (Å²) in [6, 6.07) is 6.58. The van der Waals surface area contributed by atoms with Gasteiger partial charge in [0.25, 0.3) is 0 Å². The molecular weight excluding hydrogens is 328 g/mol. The molecule has 3 aliphatic rings. The van der Waals surface area contributed by atoms with Crippen LogP contribution in [-0.2, 0) is 0 Å². The molecule has 1 atom stereocenters. The quantitative estimate of drug-likeness (QED) is 0.816. The molecule has 0 spiro atoms. The Morgan fingerprint density at radius 1 is 1.04 bits per heavy atom. The third kappa shape index (κ3) is 2.99. The predicted molar refractivity (Wildman–Crippen MR) is 92.4 cm³/mol. The number of halogens is 1. The number of allylic oxidation sites excluding steroid dienone is 2. The number of fused-ring (bicyclic) bond motifs is 1. The van der Waals surface area contributed by atoms with Gasteiger partial charge < -0.3 is 14.4 Å². The maximum atomic E-state index is 5.89. The summed E-state index contributed by atoms with van der Waals surface area (Å²) in [4.78, 5) is 4.82. The smallest absolute Gasteiger partial charge is 0.231 e. The van der Waals surface area contributed by atoms with Crippen molar-refractivity contribution in [2.24, 2.45) is 0 Å². The molecule has 0 amide bonds. The molecular formula is C17H21ClN4O2. The Morgan fingerprint density at radius 2 is 1.83 bits per heavy atom. The Labute approximate surface area is 146 Å². The fourth-order valence-corrected chi connectivity index (χ4v) is 3.39. The lowest BCUT2D eigenvalue weighted by Crippen LogP contribution is -2.50. The lowest BCUT2D eigenvalue weighted by molar-refractivity contribution is 0.116. The van der Waals surface area contributed by atoms with Crippen molar-refractivity contribution in [3.05, 3.63) is 46.9 Å². The number of nitrogens with one attached hydrogen (secondary N) is 2. The van der Waals surface area contributed by atoms with Crippen molar-refractivity contribution < 1.29 is 9.47 Å². The minimum absolute atomic E-state index is 0.320. The monoisotopic (exact) mass is 348 g/mol. The van der Waals surface area contributed by atoms with Crippen LogP contribution >= 0.6 is 11.6 Å². The van der Waals surface area contributed by atoms with Crippen molar-refractivity contribution in [3.63, 3.8) is 0 Å². The van der Waals surface area contributed by atoms with Crippen molar-refractivity contribution in [3.8, 4) is 11.5 Å². The first-order valence-corrected chi connectivity index (χ1v) is 8.56. The molecule has 6 nitrogen and oxygen atoms in total.